The van der Waals surface area contributed by atoms with Crippen LogP contribution < -0.4 is 5.32 Å². The Kier molecular flexibility index (Phi) is 4.80. The predicted octanol–water partition coefficient (Wildman–Crippen LogP) is 1.84. The van der Waals surface area contributed by atoms with Crippen LogP contribution in [0.25, 0.3) is 0 Å². The van der Waals surface area contributed by atoms with E-state index in [1.165, 1.54) is 0 Å². The lowest BCUT2D eigenvalue weighted by Gasteiger charge is -2.22. The van der Waals surface area contributed by atoms with Crippen LogP contribution in [0.1, 0.15) is 20.3 Å². The number of alkyl halides is 3. The van der Waals surface area contributed by atoms with Crippen molar-refractivity contribution in [3.8, 4) is 0 Å². The highest BCUT2D eigenvalue weighted by atomic mass is 19.4. The van der Waals surface area contributed by atoms with E-state index in [1.54, 1.807) is 0 Å². The third kappa shape index (κ3) is 6.24. The summed E-state index contributed by atoms with van der Waals surface area (Å²) in [7, 11) is 1.81. The van der Waals surface area contributed by atoms with Crippen LogP contribution in [-0.4, -0.2) is 50.6 Å². The molecular formula is C11H21F3N2O. The Bertz CT molecular complexity index is 243. The summed E-state index contributed by atoms with van der Waals surface area (Å²) in [4.78, 5) is 1.87. The van der Waals surface area contributed by atoms with E-state index in [0.717, 1.165) is 19.5 Å². The Morgan fingerprint density at radius 1 is 1.41 bits per heavy atom. The van der Waals surface area contributed by atoms with Crippen molar-refractivity contribution in [1.29, 1.82) is 0 Å². The molecule has 6 heteroatoms. The summed E-state index contributed by atoms with van der Waals surface area (Å²) < 4.78 is 39.0. The SMILES string of the molecule is CN(CCOC(F)(F)F)CC1CC(C)(C)CN1. The first-order chi connectivity index (χ1) is 7.68. The fourth-order valence-corrected chi connectivity index (χ4v) is 2.15. The number of ether oxygens (including phenoxy) is 1. The molecule has 1 N–H and O–H groups in total. The van der Waals surface area contributed by atoms with Crippen molar-refractivity contribution in [3.63, 3.8) is 0 Å². The average molecular weight is 254 g/mol. The van der Waals surface area contributed by atoms with Crippen LogP contribution in [-0.2, 0) is 4.74 Å². The highest BCUT2D eigenvalue weighted by Gasteiger charge is 2.31. The van der Waals surface area contributed by atoms with E-state index in [1.807, 2.05) is 11.9 Å². The molecule has 0 aromatic rings. The average Bonchev–Trinajstić information content (AvgIpc) is 2.42. The molecule has 0 aromatic heterocycles. The van der Waals surface area contributed by atoms with Crippen molar-refractivity contribution in [2.24, 2.45) is 5.41 Å². The molecule has 0 bridgehead atoms. The summed E-state index contributed by atoms with van der Waals surface area (Å²) in [5.41, 5.74) is 0.286. The summed E-state index contributed by atoms with van der Waals surface area (Å²) in [5, 5.41) is 3.38. The van der Waals surface area contributed by atoms with Gasteiger partial charge in [-0.15, -0.1) is 13.2 Å². The molecule has 0 amide bonds. The van der Waals surface area contributed by atoms with Crippen molar-refractivity contribution < 1.29 is 17.9 Å². The standard InChI is InChI=1S/C11H21F3N2O/c1-10(2)6-9(15-8-10)7-16(3)4-5-17-11(12,13)14/h9,15H,4-8H2,1-3H3. The number of hydrogen-bond acceptors (Lipinski definition) is 3. The van der Waals surface area contributed by atoms with E-state index in [-0.39, 0.29) is 18.6 Å². The molecule has 1 atom stereocenters. The number of nitrogens with one attached hydrogen (secondary N) is 1. The van der Waals surface area contributed by atoms with Gasteiger partial charge in [0.1, 0.15) is 0 Å². The highest BCUT2D eigenvalue weighted by molar-refractivity contribution is 4.88. The Labute approximate surface area is 100 Å². The second kappa shape index (κ2) is 5.54. The molecule has 1 fully saturated rings. The van der Waals surface area contributed by atoms with E-state index in [4.69, 9.17) is 0 Å². The molecule has 0 radical (unpaired) electrons. The molecule has 1 rings (SSSR count). The van der Waals surface area contributed by atoms with Gasteiger partial charge in [-0.1, -0.05) is 13.8 Å². The molecule has 0 aliphatic carbocycles. The van der Waals surface area contributed by atoms with E-state index >= 15 is 0 Å². The molecule has 0 spiro atoms. The predicted molar refractivity (Wildman–Crippen MR) is 59.7 cm³/mol. The third-order valence-electron chi connectivity index (χ3n) is 2.94. The van der Waals surface area contributed by atoms with Crippen molar-refractivity contribution in [3.05, 3.63) is 0 Å². The zero-order valence-corrected chi connectivity index (χ0v) is 10.6. The van der Waals surface area contributed by atoms with Crippen molar-refractivity contribution >= 4 is 0 Å². The topological polar surface area (TPSA) is 24.5 Å². The summed E-state index contributed by atoms with van der Waals surface area (Å²) in [6.45, 7) is 6.07. The van der Waals surface area contributed by atoms with E-state index in [0.29, 0.717) is 6.04 Å². The molecule has 1 aliphatic rings. The maximum absolute atomic E-state index is 11.8. The molecule has 1 saturated heterocycles. The zero-order valence-electron chi connectivity index (χ0n) is 10.6. The Morgan fingerprint density at radius 3 is 2.53 bits per heavy atom. The van der Waals surface area contributed by atoms with Crippen LogP contribution in [0, 0.1) is 5.41 Å². The lowest BCUT2D eigenvalue weighted by Crippen LogP contribution is -2.37. The zero-order chi connectivity index (χ0) is 13.1. The smallest absolute Gasteiger partial charge is 0.312 e. The summed E-state index contributed by atoms with van der Waals surface area (Å²) in [5.74, 6) is 0. The van der Waals surface area contributed by atoms with Gasteiger partial charge >= 0.3 is 6.36 Å². The lowest BCUT2D eigenvalue weighted by molar-refractivity contribution is -0.324. The van der Waals surface area contributed by atoms with Crippen LogP contribution in [0.5, 0.6) is 0 Å². The van der Waals surface area contributed by atoms with Crippen LogP contribution in [0.3, 0.4) is 0 Å². The largest absolute Gasteiger partial charge is 0.522 e. The monoisotopic (exact) mass is 254 g/mol. The van der Waals surface area contributed by atoms with Crippen LogP contribution >= 0.6 is 0 Å². The number of rotatable bonds is 5. The minimum Gasteiger partial charge on any atom is -0.312 e. The summed E-state index contributed by atoms with van der Waals surface area (Å²) >= 11 is 0. The van der Waals surface area contributed by atoms with Gasteiger partial charge < -0.3 is 10.2 Å². The normalized spacial score (nSPS) is 24.5. The Morgan fingerprint density at radius 2 is 2.06 bits per heavy atom. The number of hydrogen-bond donors (Lipinski definition) is 1. The molecule has 3 nitrogen and oxygen atoms in total. The van der Waals surface area contributed by atoms with Gasteiger partial charge in [-0.05, 0) is 18.9 Å². The Balaban J connectivity index is 2.16. The molecule has 0 aromatic carbocycles. The number of halogens is 3. The number of likely N-dealkylation sites (N-methyl/N-ethyl adjacent to an activating group) is 1. The van der Waals surface area contributed by atoms with E-state index in [2.05, 4.69) is 23.9 Å². The van der Waals surface area contributed by atoms with Crippen LogP contribution in [0.4, 0.5) is 13.2 Å². The Hall–Kier alpha value is -0.330. The van der Waals surface area contributed by atoms with Gasteiger partial charge in [0.15, 0.2) is 0 Å². The highest BCUT2D eigenvalue weighted by Crippen LogP contribution is 2.27. The van der Waals surface area contributed by atoms with Crippen LogP contribution in [0.15, 0.2) is 0 Å². The second-order valence-corrected chi connectivity index (χ2v) is 5.50. The second-order valence-electron chi connectivity index (χ2n) is 5.50. The van der Waals surface area contributed by atoms with Crippen molar-refractivity contribution in [1.82, 2.24) is 10.2 Å². The maximum atomic E-state index is 11.8. The minimum atomic E-state index is -4.52. The van der Waals surface area contributed by atoms with Gasteiger partial charge in [0, 0.05) is 25.7 Å². The molecule has 1 unspecified atom stereocenters. The van der Waals surface area contributed by atoms with Gasteiger partial charge in [-0.25, -0.2) is 0 Å². The van der Waals surface area contributed by atoms with Crippen molar-refractivity contribution in [2.75, 3.05) is 33.3 Å². The fraction of sp³-hybridized carbons (Fsp3) is 1.00. The van der Waals surface area contributed by atoms with Gasteiger partial charge in [-0.3, -0.25) is 4.74 Å². The third-order valence-corrected chi connectivity index (χ3v) is 2.94. The maximum Gasteiger partial charge on any atom is 0.522 e. The number of nitrogens with zero attached hydrogens (tertiary/aromatic N) is 1. The quantitative estimate of drug-likeness (QED) is 0.810. The first kappa shape index (κ1) is 14.7. The van der Waals surface area contributed by atoms with E-state index in [9.17, 15) is 13.2 Å². The molecule has 102 valence electrons. The molecular weight excluding hydrogens is 233 g/mol. The molecule has 1 aliphatic heterocycles. The lowest BCUT2D eigenvalue weighted by atomic mass is 9.90. The first-order valence-electron chi connectivity index (χ1n) is 5.81. The van der Waals surface area contributed by atoms with Crippen LogP contribution in [0.2, 0.25) is 0 Å². The first-order valence-corrected chi connectivity index (χ1v) is 5.81. The molecule has 17 heavy (non-hydrogen) atoms. The molecule has 0 saturated carbocycles. The van der Waals surface area contributed by atoms with Gasteiger partial charge in [0.25, 0.3) is 0 Å². The minimum absolute atomic E-state index is 0.286. The summed E-state index contributed by atoms with van der Waals surface area (Å²) in [6, 6.07) is 0.362. The van der Waals surface area contributed by atoms with E-state index < -0.39 is 6.36 Å². The van der Waals surface area contributed by atoms with Gasteiger partial charge in [0.05, 0.1) is 6.61 Å². The summed E-state index contributed by atoms with van der Waals surface area (Å²) in [6.07, 6.45) is -3.47. The fourth-order valence-electron chi connectivity index (χ4n) is 2.15. The van der Waals surface area contributed by atoms with Gasteiger partial charge in [0.2, 0.25) is 0 Å². The molecule has 1 heterocycles. The van der Waals surface area contributed by atoms with Gasteiger partial charge in [-0.2, -0.15) is 0 Å². The van der Waals surface area contributed by atoms with Crippen molar-refractivity contribution in [2.45, 2.75) is 32.7 Å².